The van der Waals surface area contributed by atoms with Crippen LogP contribution in [0.3, 0.4) is 0 Å². The number of anilines is 2. The van der Waals surface area contributed by atoms with Gasteiger partial charge in [0.05, 0.1) is 30.2 Å². The van der Waals surface area contributed by atoms with Crippen molar-refractivity contribution in [3.05, 3.63) is 90.0 Å². The lowest BCUT2D eigenvalue weighted by Gasteiger charge is -2.28. The van der Waals surface area contributed by atoms with Gasteiger partial charge < -0.3 is 14.8 Å². The number of hydrogen-bond donors (Lipinski definition) is 1. The topological polar surface area (TPSA) is 102 Å². The molecule has 2 fully saturated rings. The maximum Gasteiger partial charge on any atom is 0.338 e. The molecule has 2 aliphatic rings. The van der Waals surface area contributed by atoms with Gasteiger partial charge in [0.25, 0.3) is 5.91 Å². The van der Waals surface area contributed by atoms with Crippen LogP contribution in [0.4, 0.5) is 11.4 Å². The van der Waals surface area contributed by atoms with Crippen LogP contribution in [0.1, 0.15) is 41.1 Å². The van der Waals surface area contributed by atoms with Crippen LogP contribution in [0.5, 0.6) is 5.75 Å². The van der Waals surface area contributed by atoms with E-state index < -0.39 is 18.5 Å². The quantitative estimate of drug-likeness (QED) is 0.368. The molecule has 8 nitrogen and oxygen atoms in total. The molecule has 0 spiro atoms. The summed E-state index contributed by atoms with van der Waals surface area (Å²) in [6.45, 7) is -0.493. The maximum absolute atomic E-state index is 13.4. The van der Waals surface area contributed by atoms with Crippen LogP contribution in [0.25, 0.3) is 0 Å². The molecule has 0 radical (unpaired) electrons. The predicted octanol–water partition coefficient (Wildman–Crippen LogP) is 4.56. The zero-order chi connectivity index (χ0) is 26.6. The lowest BCUT2D eigenvalue weighted by atomic mass is 9.73. The van der Waals surface area contributed by atoms with Crippen LogP contribution in [0.15, 0.2) is 78.9 Å². The number of amides is 3. The van der Waals surface area contributed by atoms with Crippen LogP contribution in [0, 0.1) is 11.8 Å². The number of nitrogens with one attached hydrogen (secondary N) is 1. The zero-order valence-corrected chi connectivity index (χ0v) is 21.0. The van der Waals surface area contributed by atoms with E-state index in [1.165, 1.54) is 29.7 Å². The molecule has 1 N–H and O–H groups in total. The van der Waals surface area contributed by atoms with E-state index >= 15 is 0 Å². The molecule has 1 saturated carbocycles. The van der Waals surface area contributed by atoms with Crippen LogP contribution in [-0.2, 0) is 19.1 Å². The van der Waals surface area contributed by atoms with E-state index in [1.54, 1.807) is 36.4 Å². The van der Waals surface area contributed by atoms with E-state index in [1.807, 2.05) is 18.2 Å². The van der Waals surface area contributed by atoms with E-state index in [2.05, 4.69) is 17.4 Å². The smallest absolute Gasteiger partial charge is 0.338 e. The highest BCUT2D eigenvalue weighted by Gasteiger charge is 2.50. The highest BCUT2D eigenvalue weighted by molar-refractivity contribution is 6.22. The van der Waals surface area contributed by atoms with Gasteiger partial charge in [-0.3, -0.25) is 19.3 Å². The van der Waals surface area contributed by atoms with Crippen LogP contribution in [-0.4, -0.2) is 37.4 Å². The van der Waals surface area contributed by atoms with Crippen molar-refractivity contribution in [2.75, 3.05) is 23.9 Å². The lowest BCUT2D eigenvalue weighted by Crippen LogP contribution is -2.31. The molecule has 1 heterocycles. The summed E-state index contributed by atoms with van der Waals surface area (Å²) in [4.78, 5) is 52.7. The highest BCUT2D eigenvalue weighted by Crippen LogP contribution is 2.45. The number of rotatable bonds is 7. The molecule has 3 aromatic carbocycles. The number of esters is 1. The monoisotopic (exact) mass is 512 g/mol. The fourth-order valence-electron chi connectivity index (χ4n) is 5.35. The fraction of sp³-hybridized carbons (Fsp3) is 0.267. The summed E-state index contributed by atoms with van der Waals surface area (Å²) in [6.07, 6.45) is 2.12. The number of carbonyl (C=O) groups excluding carboxylic acids is 4. The number of benzene rings is 3. The Kier molecular flexibility index (Phi) is 7.22. The minimum Gasteiger partial charge on any atom is -0.497 e. The number of methoxy groups -OCH3 is 1. The molecule has 1 saturated heterocycles. The first-order valence-corrected chi connectivity index (χ1v) is 12.6. The van der Waals surface area contributed by atoms with Gasteiger partial charge >= 0.3 is 5.97 Å². The maximum atomic E-state index is 13.4. The third-order valence-electron chi connectivity index (χ3n) is 7.22. The summed E-state index contributed by atoms with van der Waals surface area (Å²) in [5, 5.41) is 2.64. The molecule has 3 amide bonds. The SMILES string of the molecule is COc1cccc(NC(=O)COC(=O)c2cccc(N3C(=O)[C@@H]4CC[C@H](c5ccccc5)C[C@H]4C3=O)c2)c1. The minimum atomic E-state index is -0.728. The third kappa shape index (κ3) is 5.16. The van der Waals surface area contributed by atoms with Gasteiger partial charge in [0.2, 0.25) is 11.8 Å². The highest BCUT2D eigenvalue weighted by atomic mass is 16.5. The number of carbonyl (C=O) groups is 4. The molecular formula is C30H28N2O6. The summed E-state index contributed by atoms with van der Waals surface area (Å²) < 4.78 is 10.3. The Bertz CT molecular complexity index is 1370. The van der Waals surface area contributed by atoms with Crippen molar-refractivity contribution in [2.24, 2.45) is 11.8 Å². The molecule has 38 heavy (non-hydrogen) atoms. The number of imide groups is 1. The summed E-state index contributed by atoms with van der Waals surface area (Å²) in [5.74, 6) is -1.61. The van der Waals surface area contributed by atoms with Crippen molar-refractivity contribution in [3.8, 4) is 5.75 Å². The molecule has 0 aromatic heterocycles. The van der Waals surface area contributed by atoms with Gasteiger partial charge in [-0.1, -0.05) is 42.5 Å². The average molecular weight is 513 g/mol. The second-order valence-corrected chi connectivity index (χ2v) is 9.55. The molecule has 3 atom stereocenters. The zero-order valence-electron chi connectivity index (χ0n) is 21.0. The molecule has 1 aliphatic carbocycles. The first kappa shape index (κ1) is 25.2. The normalized spacial score (nSPS) is 20.6. The molecular weight excluding hydrogens is 484 g/mol. The van der Waals surface area contributed by atoms with E-state index in [0.29, 0.717) is 30.0 Å². The van der Waals surface area contributed by atoms with E-state index in [0.717, 1.165) is 6.42 Å². The molecule has 5 rings (SSSR count). The first-order valence-electron chi connectivity index (χ1n) is 12.6. The standard InChI is InChI=1S/C30H28N2O6/c1-37-24-12-6-10-22(17-24)31-27(33)18-38-30(36)21-9-5-11-23(15-21)32-28(34)25-14-13-20(16-26(25)29(32)35)19-7-3-2-4-8-19/h2-12,15,17,20,25-26H,13-14,16,18H2,1H3,(H,31,33)/t20-,25+,26+/m0/s1. The minimum absolute atomic E-state index is 0.148. The van der Waals surface area contributed by atoms with Crippen molar-refractivity contribution in [3.63, 3.8) is 0 Å². The largest absolute Gasteiger partial charge is 0.497 e. The van der Waals surface area contributed by atoms with Gasteiger partial charge in [0.15, 0.2) is 6.61 Å². The molecule has 3 aromatic rings. The summed E-state index contributed by atoms with van der Waals surface area (Å²) in [7, 11) is 1.52. The number of hydrogen-bond acceptors (Lipinski definition) is 6. The van der Waals surface area contributed by atoms with Crippen LogP contribution >= 0.6 is 0 Å². The molecule has 8 heteroatoms. The fourth-order valence-corrected chi connectivity index (χ4v) is 5.35. The van der Waals surface area contributed by atoms with Crippen molar-refractivity contribution in [1.82, 2.24) is 0 Å². The van der Waals surface area contributed by atoms with Crippen molar-refractivity contribution < 1.29 is 28.7 Å². The molecule has 0 unspecified atom stereocenters. The summed E-state index contributed by atoms with van der Waals surface area (Å²) in [6, 6.07) is 23.1. The van der Waals surface area contributed by atoms with Gasteiger partial charge in [-0.25, -0.2) is 4.79 Å². The second kappa shape index (κ2) is 10.9. The Morgan fingerprint density at radius 3 is 2.45 bits per heavy atom. The third-order valence-corrected chi connectivity index (χ3v) is 7.22. The molecule has 194 valence electrons. The Morgan fingerprint density at radius 2 is 1.66 bits per heavy atom. The predicted molar refractivity (Wildman–Crippen MR) is 141 cm³/mol. The van der Waals surface area contributed by atoms with Gasteiger partial charge in [-0.15, -0.1) is 0 Å². The Labute approximate surface area is 220 Å². The van der Waals surface area contributed by atoms with Gasteiger partial charge in [-0.2, -0.15) is 0 Å². The Morgan fingerprint density at radius 1 is 0.895 bits per heavy atom. The van der Waals surface area contributed by atoms with Crippen LogP contribution in [0.2, 0.25) is 0 Å². The second-order valence-electron chi connectivity index (χ2n) is 9.55. The van der Waals surface area contributed by atoms with Gasteiger partial charge in [0.1, 0.15) is 5.75 Å². The van der Waals surface area contributed by atoms with Crippen LogP contribution < -0.4 is 15.0 Å². The molecule has 1 aliphatic heterocycles. The summed E-state index contributed by atoms with van der Waals surface area (Å²) in [5.41, 5.74) is 2.18. The lowest BCUT2D eigenvalue weighted by molar-refractivity contribution is -0.122. The molecule has 0 bridgehead atoms. The Hall–Kier alpha value is -4.46. The number of fused-ring (bicyclic) bond motifs is 1. The average Bonchev–Trinajstić information content (AvgIpc) is 3.21. The Balaban J connectivity index is 1.23. The number of nitrogens with zero attached hydrogens (tertiary/aromatic N) is 1. The summed E-state index contributed by atoms with van der Waals surface area (Å²) >= 11 is 0. The van der Waals surface area contributed by atoms with E-state index in [9.17, 15) is 19.2 Å². The van der Waals surface area contributed by atoms with Gasteiger partial charge in [0, 0.05) is 11.8 Å². The van der Waals surface area contributed by atoms with E-state index in [4.69, 9.17) is 9.47 Å². The number of ether oxygens (including phenoxy) is 2. The first-order chi connectivity index (χ1) is 18.4. The van der Waals surface area contributed by atoms with Crippen molar-refractivity contribution >= 4 is 35.1 Å². The van der Waals surface area contributed by atoms with E-state index in [-0.39, 0.29) is 35.1 Å². The van der Waals surface area contributed by atoms with Gasteiger partial charge in [-0.05, 0) is 61.1 Å². The van der Waals surface area contributed by atoms with Crippen molar-refractivity contribution in [1.29, 1.82) is 0 Å². The van der Waals surface area contributed by atoms with Crippen molar-refractivity contribution in [2.45, 2.75) is 25.2 Å².